The molecule has 0 amide bonds. The zero-order chi connectivity index (χ0) is 15.6. The Balaban J connectivity index is 1.60. The lowest BCUT2D eigenvalue weighted by atomic mass is 10.1. The van der Waals surface area contributed by atoms with E-state index in [1.807, 2.05) is 17.5 Å². The molecule has 0 radical (unpaired) electrons. The third kappa shape index (κ3) is 2.71. The van der Waals surface area contributed by atoms with E-state index in [4.69, 9.17) is 5.84 Å². The first kappa shape index (κ1) is 14.3. The number of aromatic nitrogens is 3. The average Bonchev–Trinajstić information content (AvgIpc) is 3.23. The molecule has 6 heteroatoms. The van der Waals surface area contributed by atoms with E-state index >= 15 is 0 Å². The maximum Gasteiger partial charge on any atom is 0.210 e. The molecule has 0 aliphatic rings. The van der Waals surface area contributed by atoms with E-state index in [0.717, 1.165) is 15.8 Å². The Hall–Kier alpha value is -2.31. The highest BCUT2D eigenvalue weighted by molar-refractivity contribution is 7.98. The van der Waals surface area contributed by atoms with E-state index in [-0.39, 0.29) is 0 Å². The van der Waals surface area contributed by atoms with Crippen molar-refractivity contribution in [1.29, 1.82) is 0 Å². The zero-order valence-electron chi connectivity index (χ0n) is 12.2. The summed E-state index contributed by atoms with van der Waals surface area (Å²) >= 11 is 3.21. The van der Waals surface area contributed by atoms with Crippen LogP contribution in [0.25, 0.3) is 21.5 Å². The van der Waals surface area contributed by atoms with Crippen LogP contribution in [-0.2, 0) is 5.75 Å². The van der Waals surface area contributed by atoms with Crippen molar-refractivity contribution in [2.24, 2.45) is 0 Å². The summed E-state index contributed by atoms with van der Waals surface area (Å²) in [6, 6.07) is 18.7. The fraction of sp³-hybridized carbons (Fsp3) is 0.0588. The molecule has 0 saturated heterocycles. The van der Waals surface area contributed by atoms with Gasteiger partial charge in [-0.15, -0.1) is 21.5 Å². The van der Waals surface area contributed by atoms with Gasteiger partial charge in [-0.05, 0) is 27.8 Å². The predicted molar refractivity (Wildman–Crippen MR) is 97.0 cm³/mol. The Morgan fingerprint density at radius 2 is 1.87 bits per heavy atom. The Bertz CT molecular complexity index is 939. The van der Waals surface area contributed by atoms with E-state index in [1.165, 1.54) is 16.3 Å². The maximum atomic E-state index is 6.15. The zero-order valence-corrected chi connectivity index (χ0v) is 13.8. The molecule has 0 bridgehead atoms. The Kier molecular flexibility index (Phi) is 3.77. The molecule has 114 valence electrons. The minimum absolute atomic E-state index is 0.709. The molecule has 2 aromatic heterocycles. The van der Waals surface area contributed by atoms with Gasteiger partial charge in [-0.1, -0.05) is 60.3 Å². The predicted octanol–water partition coefficient (Wildman–Crippen LogP) is 4.17. The number of thiophene rings is 1. The van der Waals surface area contributed by atoms with Crippen molar-refractivity contribution >= 4 is 33.9 Å². The van der Waals surface area contributed by atoms with Crippen LogP contribution in [0.4, 0.5) is 0 Å². The highest BCUT2D eigenvalue weighted by Gasteiger charge is 2.13. The second-order valence-electron chi connectivity index (χ2n) is 5.08. The summed E-state index contributed by atoms with van der Waals surface area (Å²) in [5.41, 5.74) is 1.27. The van der Waals surface area contributed by atoms with Gasteiger partial charge in [0.05, 0.1) is 4.88 Å². The first-order valence-corrected chi connectivity index (χ1v) is 9.03. The molecule has 0 spiro atoms. The molecular formula is C17H14N4S2. The molecule has 0 fully saturated rings. The molecule has 0 saturated carbocycles. The van der Waals surface area contributed by atoms with Crippen LogP contribution in [0, 0.1) is 0 Å². The van der Waals surface area contributed by atoms with Crippen LogP contribution in [0.1, 0.15) is 5.56 Å². The van der Waals surface area contributed by atoms with Crippen LogP contribution < -0.4 is 5.84 Å². The van der Waals surface area contributed by atoms with Crippen LogP contribution in [0.2, 0.25) is 0 Å². The van der Waals surface area contributed by atoms with Crippen LogP contribution >= 0.6 is 23.1 Å². The minimum Gasteiger partial charge on any atom is -0.335 e. The number of thioether (sulfide) groups is 1. The number of rotatable bonds is 4. The van der Waals surface area contributed by atoms with Gasteiger partial charge >= 0.3 is 0 Å². The smallest absolute Gasteiger partial charge is 0.210 e. The molecule has 4 aromatic rings. The van der Waals surface area contributed by atoms with Crippen molar-refractivity contribution in [3.63, 3.8) is 0 Å². The number of fused-ring (bicyclic) bond motifs is 1. The largest absolute Gasteiger partial charge is 0.335 e. The summed E-state index contributed by atoms with van der Waals surface area (Å²) in [6.45, 7) is 0. The van der Waals surface area contributed by atoms with Crippen LogP contribution in [0.15, 0.2) is 65.1 Å². The summed E-state index contributed by atoms with van der Waals surface area (Å²) < 4.78 is 1.57. The van der Waals surface area contributed by atoms with Gasteiger partial charge in [-0.25, -0.2) is 4.68 Å². The Morgan fingerprint density at radius 1 is 1.00 bits per heavy atom. The number of nitrogens with zero attached hydrogens (tertiary/aromatic N) is 3. The van der Waals surface area contributed by atoms with Gasteiger partial charge in [0, 0.05) is 5.75 Å². The molecule has 0 unspecified atom stereocenters. The number of nitrogens with two attached hydrogens (primary N) is 1. The summed E-state index contributed by atoms with van der Waals surface area (Å²) in [6.07, 6.45) is 0. The lowest BCUT2D eigenvalue weighted by molar-refractivity contribution is 0.850. The van der Waals surface area contributed by atoms with Crippen molar-refractivity contribution in [3.05, 3.63) is 65.5 Å². The van der Waals surface area contributed by atoms with Gasteiger partial charge in [-0.2, -0.15) is 0 Å². The Morgan fingerprint density at radius 3 is 2.74 bits per heavy atom. The molecule has 0 atom stereocenters. The number of hydrogen-bond acceptors (Lipinski definition) is 5. The summed E-state index contributed by atoms with van der Waals surface area (Å²) in [7, 11) is 0. The van der Waals surface area contributed by atoms with Crippen molar-refractivity contribution in [3.8, 4) is 10.7 Å². The van der Waals surface area contributed by atoms with E-state index in [0.29, 0.717) is 5.82 Å². The number of nitrogen functional groups attached to an aromatic ring is 1. The molecule has 2 N–H and O–H groups in total. The first-order valence-electron chi connectivity index (χ1n) is 7.17. The first-order chi connectivity index (χ1) is 11.3. The van der Waals surface area contributed by atoms with Crippen LogP contribution in [0.5, 0.6) is 0 Å². The summed E-state index contributed by atoms with van der Waals surface area (Å²) in [5, 5.41) is 13.7. The van der Waals surface area contributed by atoms with Gasteiger partial charge in [0.2, 0.25) is 5.16 Å². The molecule has 0 aliphatic heterocycles. The molecule has 0 aliphatic carbocycles. The average molecular weight is 338 g/mol. The Labute approximate surface area is 141 Å². The second kappa shape index (κ2) is 6.06. The van der Waals surface area contributed by atoms with Crippen LogP contribution in [0.3, 0.4) is 0 Å². The third-order valence-corrected chi connectivity index (χ3v) is 5.50. The molecule has 4 nitrogen and oxygen atoms in total. The van der Waals surface area contributed by atoms with Gasteiger partial charge in [0.25, 0.3) is 0 Å². The lowest BCUT2D eigenvalue weighted by Gasteiger charge is -2.06. The molecule has 23 heavy (non-hydrogen) atoms. The van der Waals surface area contributed by atoms with Crippen molar-refractivity contribution in [2.75, 3.05) is 5.84 Å². The second-order valence-corrected chi connectivity index (χ2v) is 6.97. The molecule has 2 aromatic carbocycles. The molecule has 4 rings (SSSR count). The van der Waals surface area contributed by atoms with Gasteiger partial charge < -0.3 is 5.84 Å². The van der Waals surface area contributed by atoms with E-state index in [1.54, 1.807) is 27.8 Å². The quantitative estimate of drug-likeness (QED) is 0.448. The molecule has 2 heterocycles. The fourth-order valence-electron chi connectivity index (χ4n) is 2.51. The van der Waals surface area contributed by atoms with E-state index in [2.05, 4.69) is 52.7 Å². The van der Waals surface area contributed by atoms with Crippen LogP contribution in [-0.4, -0.2) is 14.9 Å². The molecular weight excluding hydrogens is 324 g/mol. The lowest BCUT2D eigenvalue weighted by Crippen LogP contribution is -2.11. The highest BCUT2D eigenvalue weighted by Crippen LogP contribution is 2.29. The van der Waals surface area contributed by atoms with Gasteiger partial charge in [-0.3, -0.25) is 0 Å². The van der Waals surface area contributed by atoms with E-state index in [9.17, 15) is 0 Å². The van der Waals surface area contributed by atoms with Crippen molar-refractivity contribution < 1.29 is 0 Å². The topological polar surface area (TPSA) is 56.7 Å². The normalized spacial score (nSPS) is 11.1. The number of benzene rings is 2. The van der Waals surface area contributed by atoms with Gasteiger partial charge in [0.15, 0.2) is 5.82 Å². The van der Waals surface area contributed by atoms with Crippen molar-refractivity contribution in [2.45, 2.75) is 10.9 Å². The summed E-state index contributed by atoms with van der Waals surface area (Å²) in [4.78, 5) is 1.03. The number of hydrogen-bond donors (Lipinski definition) is 1. The standard InChI is InChI=1S/C17H14N4S2/c18-21-16(15-9-4-10-22-15)19-20-17(21)23-11-13-7-3-6-12-5-1-2-8-14(12)13/h1-10H,11,18H2. The minimum atomic E-state index is 0.709. The monoisotopic (exact) mass is 338 g/mol. The van der Waals surface area contributed by atoms with E-state index < -0.39 is 0 Å². The van der Waals surface area contributed by atoms with Crippen molar-refractivity contribution in [1.82, 2.24) is 14.9 Å². The highest BCUT2D eigenvalue weighted by atomic mass is 32.2. The maximum absolute atomic E-state index is 6.15. The third-order valence-electron chi connectivity index (χ3n) is 3.64. The fourth-order valence-corrected chi connectivity index (χ4v) is 4.08. The SMILES string of the molecule is Nn1c(SCc2cccc3ccccc23)nnc1-c1cccs1. The van der Waals surface area contributed by atoms with Gasteiger partial charge in [0.1, 0.15) is 0 Å². The summed E-state index contributed by atoms with van der Waals surface area (Å²) in [5.74, 6) is 7.66.